The molecule has 12 nitrogen and oxygen atoms in total. The summed E-state index contributed by atoms with van der Waals surface area (Å²) in [6.45, 7) is 11.8. The zero-order valence-corrected chi connectivity index (χ0v) is 34.1. The van der Waals surface area contributed by atoms with Crippen LogP contribution in [0.4, 0.5) is 15.0 Å². The molecule has 3 aliphatic heterocycles. The van der Waals surface area contributed by atoms with Crippen LogP contribution in [0.2, 0.25) is 0 Å². The fourth-order valence-corrected chi connectivity index (χ4v) is 8.74. The second-order valence-electron chi connectivity index (χ2n) is 17.0. The van der Waals surface area contributed by atoms with Gasteiger partial charge in [-0.1, -0.05) is 36.9 Å². The average Bonchev–Trinajstić information content (AvgIpc) is 3.85. The van der Waals surface area contributed by atoms with Crippen molar-refractivity contribution in [3.05, 3.63) is 66.2 Å². The maximum Gasteiger partial charge on any atom is 0.410 e. The number of anilines is 1. The minimum Gasteiger partial charge on any atom is -0.468 e. The number of hydrogen-bond acceptors (Lipinski definition) is 9. The Labute approximate surface area is 332 Å². The maximum absolute atomic E-state index is 17.8. The summed E-state index contributed by atoms with van der Waals surface area (Å²) in [6, 6.07) is 13.4. The summed E-state index contributed by atoms with van der Waals surface area (Å²) in [6.07, 6.45) is 2.82. The van der Waals surface area contributed by atoms with Crippen molar-refractivity contribution in [3.8, 4) is 16.9 Å². The number of amides is 2. The number of carbonyl (C=O) groups is 2. The highest BCUT2D eigenvalue weighted by Gasteiger charge is 2.56. The van der Waals surface area contributed by atoms with Crippen LogP contribution in [0.1, 0.15) is 51.0 Å². The zero-order valence-electron chi connectivity index (χ0n) is 34.1. The van der Waals surface area contributed by atoms with Crippen molar-refractivity contribution in [3.63, 3.8) is 0 Å². The van der Waals surface area contributed by atoms with Crippen LogP contribution in [-0.2, 0) is 20.7 Å². The molecule has 0 radical (unpaired) electrons. The largest absolute Gasteiger partial charge is 0.468 e. The van der Waals surface area contributed by atoms with Gasteiger partial charge in [0.05, 0.1) is 17.6 Å². The van der Waals surface area contributed by atoms with Gasteiger partial charge in [-0.2, -0.15) is 0 Å². The topological polar surface area (TPSA) is 106 Å². The van der Waals surface area contributed by atoms with Crippen molar-refractivity contribution in [2.75, 3.05) is 66.6 Å². The second kappa shape index (κ2) is 14.6. The molecule has 2 bridgehead atoms. The molecule has 300 valence electrons. The van der Waals surface area contributed by atoms with E-state index in [1.807, 2.05) is 68.1 Å². The second-order valence-corrected chi connectivity index (χ2v) is 17.0. The van der Waals surface area contributed by atoms with Gasteiger partial charge in [0.15, 0.2) is 18.4 Å². The molecule has 3 aromatic carbocycles. The highest BCUT2D eigenvalue weighted by molar-refractivity contribution is 6.13. The third kappa shape index (κ3) is 6.74. The Hall–Kier alpha value is -5.27. The highest BCUT2D eigenvalue weighted by Crippen LogP contribution is 2.53. The van der Waals surface area contributed by atoms with Gasteiger partial charge in [-0.15, -0.1) is 0 Å². The molecule has 3 atom stereocenters. The number of likely N-dealkylation sites (N-methyl/N-ethyl adjacent to an activating group) is 1. The maximum atomic E-state index is 17.8. The monoisotopic (exact) mass is 777 g/mol. The molecular weight excluding hydrogens is 726 g/mol. The van der Waals surface area contributed by atoms with Gasteiger partial charge in [-0.05, 0) is 81.4 Å². The number of methoxy groups -OCH3 is 1. The van der Waals surface area contributed by atoms with Crippen LogP contribution < -0.4 is 9.64 Å². The van der Waals surface area contributed by atoms with Gasteiger partial charge in [-0.25, -0.2) is 19.2 Å². The smallest absolute Gasteiger partial charge is 0.410 e. The van der Waals surface area contributed by atoms with Crippen molar-refractivity contribution >= 4 is 56.6 Å². The number of rotatable bonds is 11. The zero-order chi connectivity index (χ0) is 40.5. The van der Waals surface area contributed by atoms with E-state index in [1.54, 1.807) is 32.2 Å². The normalized spacial score (nSPS) is 19.4. The molecule has 4 fully saturated rings. The molecule has 13 heteroatoms. The van der Waals surface area contributed by atoms with E-state index in [0.717, 1.165) is 22.7 Å². The number of halogens is 1. The highest BCUT2D eigenvalue weighted by atomic mass is 19.1. The number of ether oxygens (including phenoxy) is 3. The molecule has 2 aromatic heterocycles. The van der Waals surface area contributed by atoms with Crippen molar-refractivity contribution in [1.82, 2.24) is 29.2 Å². The van der Waals surface area contributed by atoms with Crippen LogP contribution in [0.3, 0.4) is 0 Å². The molecule has 4 aliphatic rings. The molecule has 5 heterocycles. The Morgan fingerprint density at radius 1 is 1.02 bits per heavy atom. The molecule has 2 amide bonds. The van der Waals surface area contributed by atoms with E-state index in [0.29, 0.717) is 77.1 Å². The Morgan fingerprint density at radius 2 is 1.77 bits per heavy atom. The standard InChI is InChI=1S/C44H52FN7O5/c1-10-25-18-32(31-20-29(56-24-55-9)17-26-13-11-12-14-30(26)31)37(45)38-36(25)41-39(42(47-38)50-22-28(23-50)48(5)6)46-34(15-16-35(53)49(7)8)52(41)40-27-19-33(40)51(21-27)43(54)57-44(2,3)4/h10-14,17-18,20,27-28,33,40H,1,15-16,19,21-24H2,2-9H3. The van der Waals surface area contributed by atoms with Crippen LogP contribution in [0, 0.1) is 11.7 Å². The molecule has 57 heavy (non-hydrogen) atoms. The van der Waals surface area contributed by atoms with Crippen molar-refractivity contribution in [2.45, 2.75) is 63.8 Å². The SMILES string of the molecule is C=Cc1cc(-c2cc(OCOC)cc3ccccc23)c(F)c2nc(N3CC(N(C)C)C3)c3nc(CCC(=O)N(C)C)n(C4C5CC4N(C(=O)OC(C)(C)C)C5)c3c12. The number of imidazole rings is 1. The van der Waals surface area contributed by atoms with Gasteiger partial charge in [0, 0.05) is 76.6 Å². The lowest BCUT2D eigenvalue weighted by molar-refractivity contribution is -0.128. The van der Waals surface area contributed by atoms with Gasteiger partial charge in [0.2, 0.25) is 5.91 Å². The third-order valence-corrected chi connectivity index (χ3v) is 11.7. The molecular formula is C44H52FN7O5. The summed E-state index contributed by atoms with van der Waals surface area (Å²) in [5.41, 5.74) is 2.67. The Morgan fingerprint density at radius 3 is 2.46 bits per heavy atom. The Bertz CT molecular complexity index is 2410. The van der Waals surface area contributed by atoms with Crippen LogP contribution in [0.15, 0.2) is 49.0 Å². The lowest BCUT2D eigenvalue weighted by Gasteiger charge is -2.43. The summed E-state index contributed by atoms with van der Waals surface area (Å²) < 4.78 is 37.0. The minimum absolute atomic E-state index is 0.0215. The summed E-state index contributed by atoms with van der Waals surface area (Å²) in [5.74, 6) is 1.48. The van der Waals surface area contributed by atoms with E-state index < -0.39 is 11.4 Å². The van der Waals surface area contributed by atoms with E-state index in [2.05, 4.69) is 35.0 Å². The van der Waals surface area contributed by atoms with Gasteiger partial charge in [0.25, 0.3) is 0 Å². The molecule has 5 aromatic rings. The lowest BCUT2D eigenvalue weighted by Crippen LogP contribution is -2.57. The number of carbonyl (C=O) groups excluding carboxylic acids is 2. The average molecular weight is 778 g/mol. The molecule has 3 saturated heterocycles. The van der Waals surface area contributed by atoms with Crippen molar-refractivity contribution in [2.24, 2.45) is 5.92 Å². The van der Waals surface area contributed by atoms with Crippen LogP contribution in [0.25, 0.3) is 49.9 Å². The molecule has 1 aliphatic carbocycles. The molecule has 1 saturated carbocycles. The van der Waals surface area contributed by atoms with E-state index >= 15 is 4.39 Å². The molecule has 9 rings (SSSR count). The number of fused-ring (bicyclic) bond motifs is 5. The number of pyridine rings is 1. The first-order valence-corrected chi connectivity index (χ1v) is 19.6. The Kier molecular flexibility index (Phi) is 9.88. The summed E-state index contributed by atoms with van der Waals surface area (Å²) in [4.78, 5) is 44.9. The fourth-order valence-electron chi connectivity index (χ4n) is 8.74. The molecule has 0 spiro atoms. The van der Waals surface area contributed by atoms with E-state index in [9.17, 15) is 9.59 Å². The van der Waals surface area contributed by atoms with Crippen molar-refractivity contribution in [1.29, 1.82) is 0 Å². The summed E-state index contributed by atoms with van der Waals surface area (Å²) >= 11 is 0. The number of hydrogen-bond donors (Lipinski definition) is 0. The van der Waals surface area contributed by atoms with Crippen LogP contribution in [0.5, 0.6) is 5.75 Å². The lowest BCUT2D eigenvalue weighted by atomic mass is 9.79. The predicted molar refractivity (Wildman–Crippen MR) is 221 cm³/mol. The predicted octanol–water partition coefficient (Wildman–Crippen LogP) is 7.12. The quantitative estimate of drug-likeness (QED) is 0.130. The first-order chi connectivity index (χ1) is 27.2. The minimum atomic E-state index is -0.647. The van der Waals surface area contributed by atoms with Crippen LogP contribution >= 0.6 is 0 Å². The van der Waals surface area contributed by atoms with Gasteiger partial charge in [0.1, 0.15) is 28.2 Å². The molecule has 3 unspecified atom stereocenters. The Balaban J connectivity index is 1.39. The summed E-state index contributed by atoms with van der Waals surface area (Å²) in [7, 11) is 9.16. The van der Waals surface area contributed by atoms with Crippen molar-refractivity contribution < 1.29 is 28.2 Å². The van der Waals surface area contributed by atoms with Gasteiger partial charge >= 0.3 is 6.09 Å². The summed E-state index contributed by atoms with van der Waals surface area (Å²) in [5, 5.41) is 2.35. The number of benzene rings is 3. The van der Waals surface area contributed by atoms with Gasteiger partial charge < -0.3 is 38.4 Å². The number of nitrogens with zero attached hydrogens (tertiary/aromatic N) is 7. The van der Waals surface area contributed by atoms with Crippen LogP contribution in [-0.4, -0.2) is 121 Å². The van der Waals surface area contributed by atoms with E-state index in [-0.39, 0.29) is 48.7 Å². The van der Waals surface area contributed by atoms with E-state index in [4.69, 9.17) is 24.2 Å². The third-order valence-electron chi connectivity index (χ3n) is 11.7. The number of aromatic nitrogens is 3. The first kappa shape index (κ1) is 38.6. The fraction of sp³-hybridized carbons (Fsp3) is 0.455. The number of aryl methyl sites for hydroxylation is 1. The molecule has 0 N–H and O–H groups in total. The first-order valence-electron chi connectivity index (χ1n) is 19.6. The van der Waals surface area contributed by atoms with E-state index in [1.165, 1.54) is 0 Å². The van der Waals surface area contributed by atoms with Gasteiger partial charge in [-0.3, -0.25) is 4.79 Å².